The Hall–Kier alpha value is -0.165. The minimum absolute atomic E-state index is 0.0394. The number of halogens is 2. The Kier molecular flexibility index (Phi) is 3.92. The Morgan fingerprint density at radius 1 is 1.32 bits per heavy atom. The molecule has 1 aliphatic carbocycles. The van der Waals surface area contributed by atoms with Crippen molar-refractivity contribution in [3.63, 3.8) is 0 Å². The van der Waals surface area contributed by atoms with Gasteiger partial charge in [0.05, 0.1) is 11.2 Å². The fourth-order valence-corrected chi connectivity index (χ4v) is 4.43. The molecule has 2 aliphatic rings. The van der Waals surface area contributed by atoms with Crippen molar-refractivity contribution in [2.75, 3.05) is 0 Å². The summed E-state index contributed by atoms with van der Waals surface area (Å²) in [7, 11) is -0.884. The van der Waals surface area contributed by atoms with Gasteiger partial charge in [0.2, 0.25) is 0 Å². The van der Waals surface area contributed by atoms with Crippen molar-refractivity contribution >= 4 is 34.4 Å². The van der Waals surface area contributed by atoms with Crippen LogP contribution in [0.15, 0.2) is 27.7 Å². The Labute approximate surface area is 144 Å². The standard InChI is InChI=1S/C16H21BBrFO2S/c1-14(2)15(3,4)21-17(20-14)13(19)6-10-8-16(10,5)12-7-11(18)9-22-12/h6-7,9-10H,8H2,1-5H3. The second-order valence-electron chi connectivity index (χ2n) is 7.50. The smallest absolute Gasteiger partial charge is 0.398 e. The van der Waals surface area contributed by atoms with Gasteiger partial charge in [-0.3, -0.25) is 0 Å². The third-order valence-electron chi connectivity index (χ3n) is 5.27. The van der Waals surface area contributed by atoms with E-state index in [4.69, 9.17) is 9.31 Å². The normalized spacial score (nSPS) is 33.3. The molecule has 22 heavy (non-hydrogen) atoms. The van der Waals surface area contributed by atoms with Crippen molar-refractivity contribution in [3.8, 4) is 0 Å². The summed E-state index contributed by atoms with van der Waals surface area (Å²) in [6, 6.07) is 2.13. The molecule has 0 bridgehead atoms. The van der Waals surface area contributed by atoms with Crippen LogP contribution in [0.3, 0.4) is 0 Å². The molecule has 2 nitrogen and oxygen atoms in total. The van der Waals surface area contributed by atoms with Crippen LogP contribution in [0.25, 0.3) is 0 Å². The van der Waals surface area contributed by atoms with E-state index in [0.717, 1.165) is 10.9 Å². The minimum Gasteiger partial charge on any atom is -0.398 e. The Balaban J connectivity index is 1.72. The van der Waals surface area contributed by atoms with Gasteiger partial charge >= 0.3 is 7.12 Å². The maximum Gasteiger partial charge on any atom is 0.524 e. The van der Waals surface area contributed by atoms with Gasteiger partial charge in [0.1, 0.15) is 5.73 Å². The monoisotopic (exact) mass is 386 g/mol. The van der Waals surface area contributed by atoms with E-state index in [1.807, 2.05) is 27.7 Å². The topological polar surface area (TPSA) is 18.5 Å². The Bertz CT molecular complexity index is 611. The number of hydrogen-bond acceptors (Lipinski definition) is 3. The van der Waals surface area contributed by atoms with Crippen molar-refractivity contribution in [2.24, 2.45) is 5.92 Å². The van der Waals surface area contributed by atoms with Crippen LogP contribution in [-0.2, 0) is 14.7 Å². The minimum atomic E-state index is -0.884. The number of thiophene rings is 1. The number of allylic oxidation sites excluding steroid dienone is 1. The van der Waals surface area contributed by atoms with Crippen molar-refractivity contribution < 1.29 is 13.7 Å². The molecular formula is C16H21BBrFO2S. The molecule has 0 radical (unpaired) electrons. The zero-order valence-corrected chi connectivity index (χ0v) is 16.0. The molecule has 120 valence electrons. The summed E-state index contributed by atoms with van der Waals surface area (Å²) in [5.74, 6) is 0.206. The van der Waals surface area contributed by atoms with Crippen LogP contribution in [0.5, 0.6) is 0 Å². The highest BCUT2D eigenvalue weighted by atomic mass is 79.9. The molecule has 6 heteroatoms. The van der Waals surface area contributed by atoms with E-state index >= 15 is 0 Å². The highest BCUT2D eigenvalue weighted by molar-refractivity contribution is 9.10. The summed E-state index contributed by atoms with van der Waals surface area (Å²) >= 11 is 5.20. The van der Waals surface area contributed by atoms with Crippen molar-refractivity contribution in [2.45, 2.75) is 57.7 Å². The summed E-state index contributed by atoms with van der Waals surface area (Å²) in [5, 5.41) is 2.07. The van der Waals surface area contributed by atoms with Gasteiger partial charge in [-0.1, -0.05) is 13.0 Å². The molecule has 0 amide bonds. The molecule has 0 N–H and O–H groups in total. The first-order valence-corrected chi connectivity index (χ1v) is 9.20. The van der Waals surface area contributed by atoms with Crippen LogP contribution in [-0.4, -0.2) is 18.3 Å². The third kappa shape index (κ3) is 2.72. The first-order chi connectivity index (χ1) is 10.1. The van der Waals surface area contributed by atoms with Crippen LogP contribution in [0.4, 0.5) is 4.39 Å². The van der Waals surface area contributed by atoms with Crippen LogP contribution in [0, 0.1) is 5.92 Å². The molecule has 2 heterocycles. The maximum absolute atomic E-state index is 14.6. The number of hydrogen-bond donors (Lipinski definition) is 0. The van der Waals surface area contributed by atoms with Gasteiger partial charge in [-0.05, 0) is 62.0 Å². The fraction of sp³-hybridized carbons (Fsp3) is 0.625. The summed E-state index contributed by atoms with van der Waals surface area (Å²) in [6.45, 7) is 9.93. The van der Waals surface area contributed by atoms with Gasteiger partial charge in [-0.25, -0.2) is 4.39 Å². The zero-order valence-electron chi connectivity index (χ0n) is 13.6. The lowest BCUT2D eigenvalue weighted by molar-refractivity contribution is 0.00578. The second kappa shape index (κ2) is 5.17. The highest BCUT2D eigenvalue weighted by Gasteiger charge is 2.55. The van der Waals surface area contributed by atoms with E-state index in [0.29, 0.717) is 0 Å². The first kappa shape index (κ1) is 16.7. The van der Waals surface area contributed by atoms with Gasteiger partial charge in [-0.2, -0.15) is 0 Å². The van der Waals surface area contributed by atoms with Crippen molar-refractivity contribution in [3.05, 3.63) is 32.6 Å². The molecule has 1 aliphatic heterocycles. The first-order valence-electron chi connectivity index (χ1n) is 7.52. The van der Waals surface area contributed by atoms with E-state index in [2.05, 4.69) is 34.3 Å². The van der Waals surface area contributed by atoms with Gasteiger partial charge in [0, 0.05) is 20.1 Å². The molecule has 1 saturated heterocycles. The van der Waals surface area contributed by atoms with Crippen molar-refractivity contribution in [1.82, 2.24) is 0 Å². The molecule has 1 aromatic rings. The average Bonchev–Trinajstić information content (AvgIpc) is 2.75. The van der Waals surface area contributed by atoms with Crippen LogP contribution < -0.4 is 0 Å². The molecule has 0 aromatic carbocycles. The van der Waals surface area contributed by atoms with Gasteiger partial charge < -0.3 is 9.31 Å². The SMILES string of the molecule is CC1(c2cc(Br)cs2)CC1C=C(F)B1OC(C)(C)C(C)(C)O1. The maximum atomic E-state index is 14.6. The predicted molar refractivity (Wildman–Crippen MR) is 92.8 cm³/mol. The molecule has 1 aromatic heterocycles. The third-order valence-corrected chi connectivity index (χ3v) is 7.24. The fourth-order valence-electron chi connectivity index (χ4n) is 2.76. The largest absolute Gasteiger partial charge is 0.524 e. The average molecular weight is 387 g/mol. The quantitative estimate of drug-likeness (QED) is 0.658. The summed E-state index contributed by atoms with van der Waals surface area (Å²) in [6.07, 6.45) is 2.66. The molecule has 0 spiro atoms. The van der Waals surface area contributed by atoms with Crippen molar-refractivity contribution in [1.29, 1.82) is 0 Å². The number of rotatable bonds is 3. The second-order valence-corrected chi connectivity index (χ2v) is 9.32. The van der Waals surface area contributed by atoms with E-state index < -0.39 is 18.3 Å². The van der Waals surface area contributed by atoms with Gasteiger partial charge in [-0.15, -0.1) is 11.3 Å². The molecule has 2 unspecified atom stereocenters. The van der Waals surface area contributed by atoms with Crippen LogP contribution >= 0.6 is 27.3 Å². The summed E-state index contributed by atoms with van der Waals surface area (Å²) < 4.78 is 27.2. The Morgan fingerprint density at radius 3 is 2.41 bits per heavy atom. The molecular weight excluding hydrogens is 366 g/mol. The van der Waals surface area contributed by atoms with Gasteiger partial charge in [0.15, 0.2) is 0 Å². The van der Waals surface area contributed by atoms with E-state index in [9.17, 15) is 4.39 Å². The van der Waals surface area contributed by atoms with Gasteiger partial charge in [0.25, 0.3) is 0 Å². The molecule has 3 rings (SSSR count). The molecule has 2 fully saturated rings. The lowest BCUT2D eigenvalue weighted by atomic mass is 9.86. The van der Waals surface area contributed by atoms with E-state index in [1.54, 1.807) is 17.4 Å². The highest BCUT2D eigenvalue weighted by Crippen LogP contribution is 2.57. The van der Waals surface area contributed by atoms with E-state index in [-0.39, 0.29) is 17.1 Å². The van der Waals surface area contributed by atoms with Crippen LogP contribution in [0.1, 0.15) is 45.9 Å². The zero-order chi connectivity index (χ0) is 16.3. The predicted octanol–water partition coefficient (Wildman–Crippen LogP) is 5.27. The molecule has 1 saturated carbocycles. The van der Waals surface area contributed by atoms with E-state index in [1.165, 1.54) is 4.88 Å². The molecule has 2 atom stereocenters. The summed E-state index contributed by atoms with van der Waals surface area (Å²) in [5.41, 5.74) is -1.27. The lowest BCUT2D eigenvalue weighted by Gasteiger charge is -2.32. The van der Waals surface area contributed by atoms with Crippen LogP contribution in [0.2, 0.25) is 0 Å². The Morgan fingerprint density at radius 2 is 1.91 bits per heavy atom. The summed E-state index contributed by atoms with van der Waals surface area (Å²) in [4.78, 5) is 1.29. The lowest BCUT2D eigenvalue weighted by Crippen LogP contribution is -2.41.